The molecule has 3 rings (SSSR count). The van der Waals surface area contributed by atoms with Gasteiger partial charge in [0.15, 0.2) is 5.69 Å². The number of carbonyl (C=O) groups is 1. The molecule has 0 amide bonds. The first-order valence-corrected chi connectivity index (χ1v) is 6.47. The minimum absolute atomic E-state index is 0.0785. The lowest BCUT2D eigenvalue weighted by molar-refractivity contribution is 0.0689. The van der Waals surface area contributed by atoms with Gasteiger partial charge < -0.3 is 9.67 Å². The monoisotopic (exact) mass is 269 g/mol. The van der Waals surface area contributed by atoms with Crippen LogP contribution in [0.15, 0.2) is 36.5 Å². The summed E-state index contributed by atoms with van der Waals surface area (Å²) in [7, 11) is 1.98. The number of benzene rings is 1. The van der Waals surface area contributed by atoms with Gasteiger partial charge in [-0.1, -0.05) is 18.2 Å². The van der Waals surface area contributed by atoms with Gasteiger partial charge in [-0.15, -0.1) is 0 Å². The molecule has 0 bridgehead atoms. The Labute approximate surface area is 116 Å². The van der Waals surface area contributed by atoms with E-state index in [1.807, 2.05) is 49.0 Å². The molecule has 5 nitrogen and oxygen atoms in total. The molecule has 5 heteroatoms. The van der Waals surface area contributed by atoms with Crippen molar-refractivity contribution in [2.45, 2.75) is 13.5 Å². The van der Waals surface area contributed by atoms with E-state index in [1.165, 1.54) is 0 Å². The van der Waals surface area contributed by atoms with Crippen molar-refractivity contribution in [3.05, 3.63) is 42.2 Å². The number of carboxylic acids is 1. The van der Waals surface area contributed by atoms with Crippen molar-refractivity contribution in [2.75, 3.05) is 0 Å². The van der Waals surface area contributed by atoms with Crippen LogP contribution in [0.3, 0.4) is 0 Å². The Morgan fingerprint density at radius 3 is 2.80 bits per heavy atom. The zero-order valence-corrected chi connectivity index (χ0v) is 11.4. The quantitative estimate of drug-likeness (QED) is 0.795. The van der Waals surface area contributed by atoms with Crippen LogP contribution < -0.4 is 0 Å². The van der Waals surface area contributed by atoms with Gasteiger partial charge in [-0.2, -0.15) is 5.10 Å². The lowest BCUT2D eigenvalue weighted by Gasteiger charge is -2.02. The number of aromatic nitrogens is 3. The number of aryl methyl sites for hydroxylation is 2. The third-order valence-electron chi connectivity index (χ3n) is 3.47. The minimum Gasteiger partial charge on any atom is -0.476 e. The summed E-state index contributed by atoms with van der Waals surface area (Å²) in [5.74, 6) is -1.00. The first kappa shape index (κ1) is 12.5. The van der Waals surface area contributed by atoms with Gasteiger partial charge in [0.2, 0.25) is 0 Å². The van der Waals surface area contributed by atoms with E-state index in [-0.39, 0.29) is 5.69 Å². The van der Waals surface area contributed by atoms with Crippen LogP contribution in [-0.2, 0) is 13.6 Å². The van der Waals surface area contributed by atoms with E-state index in [2.05, 4.69) is 5.10 Å². The van der Waals surface area contributed by atoms with Crippen LogP contribution in [0.4, 0.5) is 0 Å². The molecule has 0 spiro atoms. The molecule has 0 atom stereocenters. The predicted octanol–water partition coefficient (Wildman–Crippen LogP) is 2.76. The van der Waals surface area contributed by atoms with Crippen molar-refractivity contribution >= 4 is 16.9 Å². The highest BCUT2D eigenvalue weighted by molar-refractivity contribution is 5.96. The third-order valence-corrected chi connectivity index (χ3v) is 3.47. The van der Waals surface area contributed by atoms with Gasteiger partial charge in [0.1, 0.15) is 0 Å². The van der Waals surface area contributed by atoms with Crippen molar-refractivity contribution in [1.29, 1.82) is 0 Å². The first-order chi connectivity index (χ1) is 9.61. The molecule has 0 aliphatic rings. The summed E-state index contributed by atoms with van der Waals surface area (Å²) >= 11 is 0. The van der Waals surface area contributed by atoms with Gasteiger partial charge in [0, 0.05) is 36.3 Å². The second kappa shape index (κ2) is 4.52. The predicted molar refractivity (Wildman–Crippen MR) is 76.8 cm³/mol. The SMILES string of the molecule is CCn1nc(C(=O)O)cc1-c1cn(C)c2ccccc12. The van der Waals surface area contributed by atoms with Crippen LogP contribution in [0.1, 0.15) is 17.4 Å². The number of hydrogen-bond donors (Lipinski definition) is 1. The average Bonchev–Trinajstić information content (AvgIpc) is 3.01. The lowest BCUT2D eigenvalue weighted by Crippen LogP contribution is -2.02. The summed E-state index contributed by atoms with van der Waals surface area (Å²) in [6, 6.07) is 9.69. The highest BCUT2D eigenvalue weighted by atomic mass is 16.4. The van der Waals surface area contributed by atoms with E-state index in [4.69, 9.17) is 5.11 Å². The zero-order valence-electron chi connectivity index (χ0n) is 11.4. The molecular formula is C15H15N3O2. The number of carboxylic acid groups (broad SMARTS) is 1. The smallest absolute Gasteiger partial charge is 0.356 e. The Kier molecular flexibility index (Phi) is 2.82. The Balaban J connectivity index is 2.28. The molecule has 0 fully saturated rings. The van der Waals surface area contributed by atoms with E-state index >= 15 is 0 Å². The lowest BCUT2D eigenvalue weighted by atomic mass is 10.1. The molecule has 2 heterocycles. The Morgan fingerprint density at radius 2 is 2.10 bits per heavy atom. The maximum atomic E-state index is 11.1. The molecular weight excluding hydrogens is 254 g/mol. The number of fused-ring (bicyclic) bond motifs is 1. The molecule has 1 aromatic carbocycles. The summed E-state index contributed by atoms with van der Waals surface area (Å²) in [6.07, 6.45) is 2.01. The Hall–Kier alpha value is -2.56. The van der Waals surface area contributed by atoms with Crippen LogP contribution >= 0.6 is 0 Å². The van der Waals surface area contributed by atoms with Gasteiger partial charge >= 0.3 is 5.97 Å². The van der Waals surface area contributed by atoms with E-state index in [9.17, 15) is 4.79 Å². The first-order valence-electron chi connectivity index (χ1n) is 6.47. The third kappa shape index (κ3) is 1.79. The standard InChI is InChI=1S/C15H15N3O2/c1-3-18-14(8-12(16-18)15(19)20)11-9-17(2)13-7-5-4-6-10(11)13/h4-9H,3H2,1-2H3,(H,19,20). The summed E-state index contributed by atoms with van der Waals surface area (Å²) in [5.41, 5.74) is 3.03. The molecule has 1 N–H and O–H groups in total. The molecule has 0 aliphatic carbocycles. The van der Waals surface area contributed by atoms with Crippen molar-refractivity contribution in [2.24, 2.45) is 7.05 Å². The Morgan fingerprint density at radius 1 is 1.35 bits per heavy atom. The maximum Gasteiger partial charge on any atom is 0.356 e. The fraction of sp³-hybridized carbons (Fsp3) is 0.200. The molecule has 0 unspecified atom stereocenters. The summed E-state index contributed by atoms with van der Waals surface area (Å²) in [5, 5.41) is 14.3. The van der Waals surface area contributed by atoms with E-state index in [0.29, 0.717) is 6.54 Å². The Bertz CT molecular complexity index is 799. The number of hydrogen-bond acceptors (Lipinski definition) is 2. The fourth-order valence-electron chi connectivity index (χ4n) is 2.52. The van der Waals surface area contributed by atoms with Crippen molar-refractivity contribution in [3.8, 4) is 11.3 Å². The van der Waals surface area contributed by atoms with E-state index in [0.717, 1.165) is 22.2 Å². The highest BCUT2D eigenvalue weighted by Gasteiger charge is 2.17. The average molecular weight is 269 g/mol. The second-order valence-corrected chi connectivity index (χ2v) is 4.71. The van der Waals surface area contributed by atoms with Gasteiger partial charge in [0.05, 0.1) is 5.69 Å². The number of aromatic carboxylic acids is 1. The molecule has 3 aromatic rings. The highest BCUT2D eigenvalue weighted by Crippen LogP contribution is 2.30. The van der Waals surface area contributed by atoms with Gasteiger partial charge in [-0.05, 0) is 19.1 Å². The normalized spacial score (nSPS) is 11.1. The topological polar surface area (TPSA) is 60.1 Å². The summed E-state index contributed by atoms with van der Waals surface area (Å²) in [4.78, 5) is 11.1. The number of para-hydroxylation sites is 1. The largest absolute Gasteiger partial charge is 0.476 e. The number of nitrogens with zero attached hydrogens (tertiary/aromatic N) is 3. The maximum absolute atomic E-state index is 11.1. The van der Waals surface area contributed by atoms with Crippen LogP contribution in [-0.4, -0.2) is 25.4 Å². The summed E-state index contributed by atoms with van der Waals surface area (Å²) < 4.78 is 3.77. The van der Waals surface area contributed by atoms with Crippen LogP contribution in [0, 0.1) is 0 Å². The van der Waals surface area contributed by atoms with Crippen molar-refractivity contribution in [1.82, 2.24) is 14.3 Å². The van der Waals surface area contributed by atoms with Gasteiger partial charge in [-0.3, -0.25) is 4.68 Å². The minimum atomic E-state index is -1.00. The van der Waals surface area contributed by atoms with Gasteiger partial charge in [-0.25, -0.2) is 4.79 Å². The van der Waals surface area contributed by atoms with E-state index in [1.54, 1.807) is 10.7 Å². The fourth-order valence-corrected chi connectivity index (χ4v) is 2.52. The van der Waals surface area contributed by atoms with Crippen molar-refractivity contribution < 1.29 is 9.90 Å². The molecule has 102 valence electrons. The van der Waals surface area contributed by atoms with Crippen LogP contribution in [0.2, 0.25) is 0 Å². The number of rotatable bonds is 3. The molecule has 0 aliphatic heterocycles. The molecule has 0 saturated heterocycles. The van der Waals surface area contributed by atoms with Crippen molar-refractivity contribution in [3.63, 3.8) is 0 Å². The molecule has 0 saturated carbocycles. The van der Waals surface area contributed by atoms with Crippen LogP contribution in [0.25, 0.3) is 22.2 Å². The zero-order chi connectivity index (χ0) is 14.3. The van der Waals surface area contributed by atoms with Crippen LogP contribution in [0.5, 0.6) is 0 Å². The van der Waals surface area contributed by atoms with E-state index < -0.39 is 5.97 Å². The molecule has 2 aromatic heterocycles. The second-order valence-electron chi connectivity index (χ2n) is 4.71. The molecule has 20 heavy (non-hydrogen) atoms. The molecule has 0 radical (unpaired) electrons. The summed E-state index contributed by atoms with van der Waals surface area (Å²) in [6.45, 7) is 2.58. The van der Waals surface area contributed by atoms with Gasteiger partial charge in [0.25, 0.3) is 0 Å².